The monoisotopic (exact) mass is 259 g/mol. The minimum atomic E-state index is -0.348. The quantitative estimate of drug-likeness (QED) is 0.728. The van der Waals surface area contributed by atoms with Gasteiger partial charge in [0.1, 0.15) is 5.52 Å². The van der Waals surface area contributed by atoms with Crippen LogP contribution in [0.15, 0.2) is 30.6 Å². The first-order valence-electron chi connectivity index (χ1n) is 5.41. The van der Waals surface area contributed by atoms with E-state index in [-0.39, 0.29) is 5.82 Å². The average molecular weight is 259 g/mol. The summed E-state index contributed by atoms with van der Waals surface area (Å²) >= 11 is 1.29. The predicted octanol–water partition coefficient (Wildman–Crippen LogP) is 3.39. The molecule has 0 aliphatic carbocycles. The number of aromatic nitrogens is 2. The van der Waals surface area contributed by atoms with Crippen LogP contribution >= 0.6 is 11.3 Å². The van der Waals surface area contributed by atoms with Gasteiger partial charge in [0, 0.05) is 18.0 Å². The number of hydrogen-bond acceptors (Lipinski definition) is 4. The number of pyridine rings is 1. The summed E-state index contributed by atoms with van der Waals surface area (Å²) in [6.07, 6.45) is 3.46. The van der Waals surface area contributed by atoms with E-state index in [1.807, 2.05) is 19.1 Å². The number of hydrogen-bond donors (Lipinski definition) is 1. The fourth-order valence-corrected chi connectivity index (χ4v) is 2.72. The van der Waals surface area contributed by atoms with Gasteiger partial charge in [0.25, 0.3) is 0 Å². The SMILES string of the molecule is Cc1ccncc1-c1cc(F)c2nc(N)sc2c1. The van der Waals surface area contributed by atoms with Crippen LogP contribution in [0.3, 0.4) is 0 Å². The van der Waals surface area contributed by atoms with Crippen molar-refractivity contribution in [1.82, 2.24) is 9.97 Å². The highest BCUT2D eigenvalue weighted by Crippen LogP contribution is 2.32. The van der Waals surface area contributed by atoms with Gasteiger partial charge in [-0.25, -0.2) is 9.37 Å². The second-order valence-electron chi connectivity index (χ2n) is 4.05. The minimum Gasteiger partial charge on any atom is -0.375 e. The molecule has 0 saturated heterocycles. The van der Waals surface area contributed by atoms with Gasteiger partial charge in [-0.05, 0) is 36.2 Å². The first-order chi connectivity index (χ1) is 8.65. The standard InChI is InChI=1S/C13H10FN3S/c1-7-2-3-16-6-9(7)8-4-10(14)12-11(5-8)18-13(15)17-12/h2-6H,1H3,(H2,15,17). The summed E-state index contributed by atoms with van der Waals surface area (Å²) < 4.78 is 14.7. The first-order valence-corrected chi connectivity index (χ1v) is 6.23. The molecule has 3 nitrogen and oxygen atoms in total. The molecule has 0 radical (unpaired) electrons. The molecule has 1 aromatic carbocycles. The summed E-state index contributed by atoms with van der Waals surface area (Å²) in [5.74, 6) is -0.348. The molecule has 0 aliphatic heterocycles. The van der Waals surface area contributed by atoms with E-state index in [9.17, 15) is 4.39 Å². The minimum absolute atomic E-state index is 0.336. The van der Waals surface area contributed by atoms with E-state index in [2.05, 4.69) is 9.97 Å². The Kier molecular flexibility index (Phi) is 2.48. The summed E-state index contributed by atoms with van der Waals surface area (Å²) in [5.41, 5.74) is 8.72. The number of halogens is 1. The van der Waals surface area contributed by atoms with Gasteiger partial charge in [-0.15, -0.1) is 0 Å². The average Bonchev–Trinajstić information content (AvgIpc) is 2.71. The van der Waals surface area contributed by atoms with Crippen LogP contribution in [0.1, 0.15) is 5.56 Å². The van der Waals surface area contributed by atoms with Crippen molar-refractivity contribution in [3.05, 3.63) is 42.0 Å². The van der Waals surface area contributed by atoms with Crippen LogP contribution in [0.4, 0.5) is 9.52 Å². The van der Waals surface area contributed by atoms with Crippen LogP contribution in [-0.2, 0) is 0 Å². The number of nitrogens with two attached hydrogens (primary N) is 1. The van der Waals surface area contributed by atoms with Gasteiger partial charge in [-0.1, -0.05) is 11.3 Å². The number of anilines is 1. The van der Waals surface area contributed by atoms with Crippen molar-refractivity contribution in [1.29, 1.82) is 0 Å². The maximum atomic E-state index is 13.9. The van der Waals surface area contributed by atoms with E-state index in [1.54, 1.807) is 12.4 Å². The zero-order valence-electron chi connectivity index (χ0n) is 9.64. The topological polar surface area (TPSA) is 51.8 Å². The van der Waals surface area contributed by atoms with Gasteiger partial charge in [0.2, 0.25) is 0 Å². The number of rotatable bonds is 1. The summed E-state index contributed by atoms with van der Waals surface area (Å²) in [6.45, 7) is 1.97. The second kappa shape index (κ2) is 4.03. The lowest BCUT2D eigenvalue weighted by Crippen LogP contribution is -1.87. The van der Waals surface area contributed by atoms with Crippen LogP contribution in [0, 0.1) is 12.7 Å². The van der Waals surface area contributed by atoms with Gasteiger partial charge in [-0.3, -0.25) is 4.98 Å². The van der Waals surface area contributed by atoms with Gasteiger partial charge in [0.05, 0.1) is 4.70 Å². The molecule has 0 bridgehead atoms. The summed E-state index contributed by atoms with van der Waals surface area (Å²) in [6, 6.07) is 5.28. The molecule has 0 saturated carbocycles. The molecule has 2 N–H and O–H groups in total. The van der Waals surface area contributed by atoms with Crippen LogP contribution < -0.4 is 5.73 Å². The van der Waals surface area contributed by atoms with E-state index >= 15 is 0 Å². The molecular formula is C13H10FN3S. The Morgan fingerprint density at radius 1 is 1.33 bits per heavy atom. The fraction of sp³-hybridized carbons (Fsp3) is 0.0769. The predicted molar refractivity (Wildman–Crippen MR) is 72.0 cm³/mol. The zero-order chi connectivity index (χ0) is 12.7. The van der Waals surface area contributed by atoms with Gasteiger partial charge in [-0.2, -0.15) is 0 Å². The van der Waals surface area contributed by atoms with Crippen molar-refractivity contribution in [2.45, 2.75) is 6.92 Å². The van der Waals surface area contributed by atoms with Crippen LogP contribution in [0.25, 0.3) is 21.3 Å². The van der Waals surface area contributed by atoms with Crippen molar-refractivity contribution in [2.75, 3.05) is 5.73 Å². The Bertz CT molecular complexity index is 736. The second-order valence-corrected chi connectivity index (χ2v) is 5.11. The molecule has 90 valence electrons. The largest absolute Gasteiger partial charge is 0.375 e. The summed E-state index contributed by atoms with van der Waals surface area (Å²) in [5, 5.41) is 0.379. The zero-order valence-corrected chi connectivity index (χ0v) is 10.5. The van der Waals surface area contributed by atoms with E-state index in [4.69, 9.17) is 5.73 Å². The third-order valence-electron chi connectivity index (χ3n) is 2.82. The molecule has 2 aromatic heterocycles. The Labute approximate surface area is 107 Å². The third kappa shape index (κ3) is 1.73. The number of fused-ring (bicyclic) bond motifs is 1. The van der Waals surface area contributed by atoms with Crippen molar-refractivity contribution in [3.8, 4) is 11.1 Å². The maximum absolute atomic E-state index is 13.9. The normalized spacial score (nSPS) is 11.0. The smallest absolute Gasteiger partial charge is 0.181 e. The number of nitrogens with zero attached hydrogens (tertiary/aromatic N) is 2. The Morgan fingerprint density at radius 2 is 2.17 bits per heavy atom. The molecule has 0 unspecified atom stereocenters. The molecule has 0 atom stereocenters. The van der Waals surface area contributed by atoms with Gasteiger partial charge in [0.15, 0.2) is 10.9 Å². The molecule has 18 heavy (non-hydrogen) atoms. The van der Waals surface area contributed by atoms with E-state index in [0.717, 1.165) is 21.4 Å². The lowest BCUT2D eigenvalue weighted by molar-refractivity contribution is 0.638. The Hall–Kier alpha value is -2.01. The summed E-state index contributed by atoms with van der Waals surface area (Å²) in [4.78, 5) is 8.05. The number of aryl methyl sites for hydroxylation is 1. The van der Waals surface area contributed by atoms with E-state index in [0.29, 0.717) is 10.6 Å². The highest BCUT2D eigenvalue weighted by atomic mass is 32.1. The highest BCUT2D eigenvalue weighted by Gasteiger charge is 2.11. The van der Waals surface area contributed by atoms with Crippen molar-refractivity contribution in [2.24, 2.45) is 0 Å². The molecule has 0 spiro atoms. The van der Waals surface area contributed by atoms with Crippen LogP contribution in [0.5, 0.6) is 0 Å². The van der Waals surface area contributed by atoms with Crippen LogP contribution in [-0.4, -0.2) is 9.97 Å². The van der Waals surface area contributed by atoms with Gasteiger partial charge >= 0.3 is 0 Å². The first kappa shape index (κ1) is 11.1. The molecule has 0 amide bonds. The van der Waals surface area contributed by atoms with Gasteiger partial charge < -0.3 is 5.73 Å². The number of thiazole rings is 1. The lowest BCUT2D eigenvalue weighted by Gasteiger charge is -2.05. The van der Waals surface area contributed by atoms with Crippen molar-refractivity contribution in [3.63, 3.8) is 0 Å². The molecule has 2 heterocycles. The van der Waals surface area contributed by atoms with Crippen molar-refractivity contribution >= 4 is 26.7 Å². The fourth-order valence-electron chi connectivity index (χ4n) is 1.93. The van der Waals surface area contributed by atoms with Crippen molar-refractivity contribution < 1.29 is 4.39 Å². The molecule has 0 fully saturated rings. The molecule has 3 aromatic rings. The number of benzene rings is 1. The molecular weight excluding hydrogens is 249 g/mol. The highest BCUT2D eigenvalue weighted by molar-refractivity contribution is 7.22. The number of nitrogen functional groups attached to an aromatic ring is 1. The molecule has 0 aliphatic rings. The van der Waals surface area contributed by atoms with Crippen LogP contribution in [0.2, 0.25) is 0 Å². The molecule has 5 heteroatoms. The lowest BCUT2D eigenvalue weighted by atomic mass is 10.0. The summed E-state index contributed by atoms with van der Waals surface area (Å²) in [7, 11) is 0. The maximum Gasteiger partial charge on any atom is 0.181 e. The van der Waals surface area contributed by atoms with E-state index in [1.165, 1.54) is 17.4 Å². The third-order valence-corrected chi connectivity index (χ3v) is 3.65. The molecule has 3 rings (SSSR count). The van der Waals surface area contributed by atoms with E-state index < -0.39 is 0 Å². The Morgan fingerprint density at radius 3 is 2.94 bits per heavy atom. The Balaban J connectivity index is 2.28.